The molecule has 1 aromatic rings. The standard InChI is InChI=1S/C13H20N2O3S/c1-15(12-5-6-19(17,18)9-12)8-13(16)10-3-2-4-11(14)7-10/h2-4,7,12-13,16H,5-6,8-9,14H2,1H3. The molecule has 1 aliphatic rings. The quantitative estimate of drug-likeness (QED) is 0.783. The highest BCUT2D eigenvalue weighted by molar-refractivity contribution is 7.91. The van der Waals surface area contributed by atoms with Gasteiger partial charge in [-0.05, 0) is 31.2 Å². The molecule has 0 bridgehead atoms. The maximum atomic E-state index is 11.4. The number of nitrogens with two attached hydrogens (primary N) is 1. The molecule has 0 amide bonds. The summed E-state index contributed by atoms with van der Waals surface area (Å²) in [5.74, 6) is 0.434. The van der Waals surface area contributed by atoms with E-state index >= 15 is 0 Å². The molecule has 1 heterocycles. The number of rotatable bonds is 4. The Kier molecular flexibility index (Phi) is 4.13. The highest BCUT2D eigenvalue weighted by Gasteiger charge is 2.31. The summed E-state index contributed by atoms with van der Waals surface area (Å²) < 4.78 is 22.9. The van der Waals surface area contributed by atoms with E-state index in [4.69, 9.17) is 5.73 Å². The second-order valence-corrected chi connectivity index (χ2v) is 7.41. The SMILES string of the molecule is CN(CC(O)c1cccc(N)c1)C1CCS(=O)(=O)C1. The maximum Gasteiger partial charge on any atom is 0.151 e. The first kappa shape index (κ1) is 14.3. The van der Waals surface area contributed by atoms with E-state index in [1.807, 2.05) is 18.0 Å². The third-order valence-electron chi connectivity index (χ3n) is 3.59. The molecule has 2 unspecified atom stereocenters. The molecule has 0 radical (unpaired) electrons. The fourth-order valence-electron chi connectivity index (χ4n) is 2.42. The van der Waals surface area contributed by atoms with Gasteiger partial charge in [0.2, 0.25) is 0 Å². The number of hydrogen-bond acceptors (Lipinski definition) is 5. The lowest BCUT2D eigenvalue weighted by atomic mass is 10.1. The predicted octanol–water partition coefficient (Wildman–Crippen LogP) is 0.421. The minimum Gasteiger partial charge on any atom is -0.399 e. The van der Waals surface area contributed by atoms with Crippen LogP contribution in [0.2, 0.25) is 0 Å². The second-order valence-electron chi connectivity index (χ2n) is 5.18. The van der Waals surface area contributed by atoms with E-state index in [2.05, 4.69) is 0 Å². The molecule has 0 aromatic heterocycles. The third kappa shape index (κ3) is 3.68. The lowest BCUT2D eigenvalue weighted by Gasteiger charge is -2.25. The first-order chi connectivity index (χ1) is 8.87. The van der Waals surface area contributed by atoms with Gasteiger partial charge in [-0.25, -0.2) is 8.42 Å². The van der Waals surface area contributed by atoms with Crippen LogP contribution in [0.15, 0.2) is 24.3 Å². The van der Waals surface area contributed by atoms with Gasteiger partial charge in [-0.3, -0.25) is 4.90 Å². The molecule has 6 heteroatoms. The number of aliphatic hydroxyl groups is 1. The number of sulfone groups is 1. The number of likely N-dealkylation sites (N-methyl/N-ethyl adjacent to an activating group) is 1. The average molecular weight is 284 g/mol. The largest absolute Gasteiger partial charge is 0.399 e. The van der Waals surface area contributed by atoms with Crippen molar-refractivity contribution in [1.82, 2.24) is 4.90 Å². The van der Waals surface area contributed by atoms with Crippen LogP contribution < -0.4 is 5.73 Å². The molecule has 3 N–H and O–H groups in total. The molecule has 106 valence electrons. The summed E-state index contributed by atoms with van der Waals surface area (Å²) in [4.78, 5) is 1.92. The van der Waals surface area contributed by atoms with Crippen molar-refractivity contribution in [2.24, 2.45) is 0 Å². The van der Waals surface area contributed by atoms with Gasteiger partial charge >= 0.3 is 0 Å². The van der Waals surface area contributed by atoms with E-state index in [0.29, 0.717) is 18.7 Å². The fraction of sp³-hybridized carbons (Fsp3) is 0.538. The van der Waals surface area contributed by atoms with E-state index in [1.165, 1.54) is 0 Å². The zero-order valence-electron chi connectivity index (χ0n) is 11.0. The summed E-state index contributed by atoms with van der Waals surface area (Å²) in [5.41, 5.74) is 7.05. The number of nitrogen functional groups attached to an aromatic ring is 1. The van der Waals surface area contributed by atoms with Crippen LogP contribution in [-0.2, 0) is 9.84 Å². The van der Waals surface area contributed by atoms with Crippen molar-refractivity contribution in [3.05, 3.63) is 29.8 Å². The molecular formula is C13H20N2O3S. The predicted molar refractivity (Wildman–Crippen MR) is 75.5 cm³/mol. The molecule has 1 aromatic carbocycles. The molecule has 0 spiro atoms. The number of nitrogens with zero attached hydrogens (tertiary/aromatic N) is 1. The van der Waals surface area contributed by atoms with Crippen LogP contribution in [0.4, 0.5) is 5.69 Å². The lowest BCUT2D eigenvalue weighted by molar-refractivity contribution is 0.110. The van der Waals surface area contributed by atoms with Crippen molar-refractivity contribution >= 4 is 15.5 Å². The first-order valence-electron chi connectivity index (χ1n) is 6.31. The average Bonchev–Trinajstić information content (AvgIpc) is 2.69. The van der Waals surface area contributed by atoms with Crippen molar-refractivity contribution in [2.45, 2.75) is 18.6 Å². The zero-order chi connectivity index (χ0) is 14.0. The van der Waals surface area contributed by atoms with Gasteiger partial charge in [-0.15, -0.1) is 0 Å². The second kappa shape index (κ2) is 5.48. The number of benzene rings is 1. The van der Waals surface area contributed by atoms with Gasteiger partial charge < -0.3 is 10.8 Å². The smallest absolute Gasteiger partial charge is 0.151 e. The van der Waals surface area contributed by atoms with Gasteiger partial charge in [0.05, 0.1) is 17.6 Å². The highest BCUT2D eigenvalue weighted by Crippen LogP contribution is 2.21. The fourth-order valence-corrected chi connectivity index (χ4v) is 4.22. The molecule has 0 aliphatic carbocycles. The molecule has 0 saturated carbocycles. The van der Waals surface area contributed by atoms with Crippen molar-refractivity contribution in [2.75, 3.05) is 30.8 Å². The van der Waals surface area contributed by atoms with Crippen LogP contribution in [0.25, 0.3) is 0 Å². The van der Waals surface area contributed by atoms with Gasteiger partial charge in [0.15, 0.2) is 9.84 Å². The van der Waals surface area contributed by atoms with Gasteiger partial charge in [0.1, 0.15) is 0 Å². The number of hydrogen-bond donors (Lipinski definition) is 2. The topological polar surface area (TPSA) is 83.6 Å². The molecule has 19 heavy (non-hydrogen) atoms. The zero-order valence-corrected chi connectivity index (χ0v) is 11.8. The van der Waals surface area contributed by atoms with Crippen LogP contribution >= 0.6 is 0 Å². The summed E-state index contributed by atoms with van der Waals surface area (Å²) in [7, 11) is -1.04. The molecular weight excluding hydrogens is 264 g/mol. The minimum absolute atomic E-state index is 0.000657. The Balaban J connectivity index is 1.97. The third-order valence-corrected chi connectivity index (χ3v) is 5.34. The summed E-state index contributed by atoms with van der Waals surface area (Å²) in [6, 6.07) is 7.13. The Morgan fingerprint density at radius 1 is 1.53 bits per heavy atom. The van der Waals surface area contributed by atoms with Crippen LogP contribution in [0.3, 0.4) is 0 Å². The molecule has 2 rings (SSSR count). The summed E-state index contributed by atoms with van der Waals surface area (Å²) >= 11 is 0. The van der Waals surface area contributed by atoms with Crippen LogP contribution in [0.5, 0.6) is 0 Å². The van der Waals surface area contributed by atoms with Crippen molar-refractivity contribution in [3.8, 4) is 0 Å². The Morgan fingerprint density at radius 3 is 2.84 bits per heavy atom. The molecule has 1 saturated heterocycles. The van der Waals surface area contributed by atoms with Gasteiger partial charge in [0, 0.05) is 18.3 Å². The monoisotopic (exact) mass is 284 g/mol. The first-order valence-corrected chi connectivity index (χ1v) is 8.14. The molecule has 5 nitrogen and oxygen atoms in total. The Morgan fingerprint density at radius 2 is 2.26 bits per heavy atom. The molecule has 1 aliphatic heterocycles. The number of anilines is 1. The van der Waals surface area contributed by atoms with E-state index < -0.39 is 15.9 Å². The Bertz CT molecular complexity index is 545. The normalized spacial score (nSPS) is 23.6. The molecule has 1 fully saturated rings. The van der Waals surface area contributed by atoms with E-state index in [1.54, 1.807) is 18.2 Å². The van der Waals surface area contributed by atoms with Crippen molar-refractivity contribution < 1.29 is 13.5 Å². The van der Waals surface area contributed by atoms with Crippen LogP contribution in [0.1, 0.15) is 18.1 Å². The van der Waals surface area contributed by atoms with Crippen LogP contribution in [0, 0.1) is 0 Å². The number of aliphatic hydroxyl groups excluding tert-OH is 1. The van der Waals surface area contributed by atoms with Crippen molar-refractivity contribution in [3.63, 3.8) is 0 Å². The lowest BCUT2D eigenvalue weighted by Crippen LogP contribution is -2.35. The van der Waals surface area contributed by atoms with E-state index in [9.17, 15) is 13.5 Å². The minimum atomic E-state index is -2.89. The van der Waals surface area contributed by atoms with Gasteiger partial charge in [0.25, 0.3) is 0 Å². The Hall–Kier alpha value is -1.11. The molecule has 2 atom stereocenters. The maximum absolute atomic E-state index is 11.4. The summed E-state index contributed by atoms with van der Waals surface area (Å²) in [5, 5.41) is 10.2. The Labute approximate surface area is 113 Å². The summed E-state index contributed by atoms with van der Waals surface area (Å²) in [6.07, 6.45) is -0.0144. The summed E-state index contributed by atoms with van der Waals surface area (Å²) in [6.45, 7) is 0.406. The van der Waals surface area contributed by atoms with E-state index in [-0.39, 0.29) is 17.5 Å². The van der Waals surface area contributed by atoms with Gasteiger partial charge in [-0.2, -0.15) is 0 Å². The highest BCUT2D eigenvalue weighted by atomic mass is 32.2. The van der Waals surface area contributed by atoms with Crippen LogP contribution in [-0.4, -0.2) is 49.6 Å². The van der Waals surface area contributed by atoms with Crippen molar-refractivity contribution in [1.29, 1.82) is 0 Å². The van der Waals surface area contributed by atoms with E-state index in [0.717, 1.165) is 5.56 Å². The van der Waals surface area contributed by atoms with Gasteiger partial charge in [-0.1, -0.05) is 12.1 Å².